The number of nitrogens with zero attached hydrogens (tertiary/aromatic N) is 1. The molecule has 0 unspecified atom stereocenters. The van der Waals surface area contributed by atoms with Crippen LogP contribution in [0, 0.1) is 0 Å². The van der Waals surface area contributed by atoms with E-state index in [4.69, 9.17) is 4.74 Å². The molecule has 0 saturated carbocycles. The molecule has 1 aliphatic heterocycles. The quantitative estimate of drug-likeness (QED) is 0.734. The number of piperidine rings is 1. The Morgan fingerprint density at radius 1 is 1.14 bits per heavy atom. The Bertz CT molecular complexity index is 774. The second kappa shape index (κ2) is 8.00. The van der Waals surface area contributed by atoms with Gasteiger partial charge in [-0.25, -0.2) is 14.4 Å². The molecule has 6 nitrogen and oxygen atoms in total. The first kappa shape index (κ1) is 22.2. The molecule has 2 atom stereocenters. The monoisotopic (exact) mass is 421 g/mol. The van der Waals surface area contributed by atoms with Gasteiger partial charge in [0.2, 0.25) is 0 Å². The molecule has 1 heterocycles. The van der Waals surface area contributed by atoms with Crippen molar-refractivity contribution in [1.82, 2.24) is 15.2 Å². The molecule has 162 valence electrons. The summed E-state index contributed by atoms with van der Waals surface area (Å²) in [6.07, 6.45) is 2.35. The van der Waals surface area contributed by atoms with E-state index in [-0.39, 0.29) is 22.3 Å². The highest BCUT2D eigenvalue weighted by Gasteiger charge is 2.49. The standard InChI is InChI=1S/C22H35N3O3S/c1-20(2,3)28-19(26)25-13-11-22(12-14-25)17-10-8-7-9-16(17)15-18(22)23-24-29(27)21(4,5)6/h7-10,18,23-24H,11-15H2,1-6H3/t18-,29-/m1/s1. The number of hydrogen-bond donors (Lipinski definition) is 2. The van der Waals surface area contributed by atoms with Gasteiger partial charge in [-0.15, -0.1) is 0 Å². The Kier molecular flexibility index (Phi) is 6.14. The molecule has 1 aromatic carbocycles. The largest absolute Gasteiger partial charge is 0.444 e. The van der Waals surface area contributed by atoms with Crippen LogP contribution in [0.1, 0.15) is 65.5 Å². The number of nitrogens with one attached hydrogen (secondary N) is 2. The number of ether oxygens (including phenoxy) is 1. The normalized spacial score (nSPS) is 22.4. The summed E-state index contributed by atoms with van der Waals surface area (Å²) in [5, 5.41) is 0. The number of likely N-dealkylation sites (tertiary alicyclic amines) is 1. The number of hydrogen-bond acceptors (Lipinski definition) is 4. The minimum absolute atomic E-state index is 0.0792. The van der Waals surface area contributed by atoms with Crippen molar-refractivity contribution in [2.45, 2.75) is 82.6 Å². The fraction of sp³-hybridized carbons (Fsp3) is 0.682. The van der Waals surface area contributed by atoms with Crippen LogP contribution in [0.2, 0.25) is 0 Å². The van der Waals surface area contributed by atoms with Gasteiger partial charge in [-0.05, 0) is 71.9 Å². The van der Waals surface area contributed by atoms with Gasteiger partial charge in [-0.1, -0.05) is 24.3 Å². The van der Waals surface area contributed by atoms with Gasteiger partial charge in [0.15, 0.2) is 0 Å². The van der Waals surface area contributed by atoms with Gasteiger partial charge in [0.1, 0.15) is 16.6 Å². The fourth-order valence-corrected chi connectivity index (χ4v) is 4.84. The number of carbonyl (C=O) groups is 1. The molecule has 1 saturated heterocycles. The van der Waals surface area contributed by atoms with Crippen LogP contribution < -0.4 is 10.3 Å². The topological polar surface area (TPSA) is 70.7 Å². The van der Waals surface area contributed by atoms with Crippen molar-refractivity contribution in [3.63, 3.8) is 0 Å². The van der Waals surface area contributed by atoms with Crippen LogP contribution in [0.4, 0.5) is 4.79 Å². The highest BCUT2D eigenvalue weighted by atomic mass is 32.2. The molecule has 1 amide bonds. The molecule has 0 aromatic heterocycles. The predicted octanol–water partition coefficient (Wildman–Crippen LogP) is 3.44. The van der Waals surface area contributed by atoms with Crippen molar-refractivity contribution in [3.05, 3.63) is 35.4 Å². The Labute approximate surface area is 177 Å². The number of benzene rings is 1. The zero-order chi connectivity index (χ0) is 21.4. The Morgan fingerprint density at radius 3 is 2.34 bits per heavy atom. The summed E-state index contributed by atoms with van der Waals surface area (Å²) in [5.41, 5.74) is 5.51. The summed E-state index contributed by atoms with van der Waals surface area (Å²) >= 11 is 0. The zero-order valence-electron chi connectivity index (χ0n) is 18.5. The smallest absolute Gasteiger partial charge is 0.410 e. The first-order valence-electron chi connectivity index (χ1n) is 10.4. The van der Waals surface area contributed by atoms with Crippen LogP contribution in [-0.2, 0) is 27.6 Å². The van der Waals surface area contributed by atoms with Gasteiger partial charge in [-0.3, -0.25) is 0 Å². The number of hydrazine groups is 1. The molecular weight excluding hydrogens is 386 g/mol. The molecule has 0 radical (unpaired) electrons. The summed E-state index contributed by atoms with van der Waals surface area (Å²) in [5.74, 6) is 0. The van der Waals surface area contributed by atoms with Crippen LogP contribution in [0.5, 0.6) is 0 Å². The third kappa shape index (κ3) is 4.84. The van der Waals surface area contributed by atoms with Gasteiger partial charge >= 0.3 is 6.09 Å². The van der Waals surface area contributed by atoms with Crippen molar-refractivity contribution < 1.29 is 13.7 Å². The number of carbonyl (C=O) groups excluding carboxylic acids is 1. The second-order valence-corrected chi connectivity index (χ2v) is 12.1. The summed E-state index contributed by atoms with van der Waals surface area (Å²) in [7, 11) is -1.19. The van der Waals surface area contributed by atoms with Crippen molar-refractivity contribution in [2.24, 2.45) is 0 Å². The lowest BCUT2D eigenvalue weighted by molar-refractivity contribution is 0.0146. The molecule has 2 N–H and O–H groups in total. The summed E-state index contributed by atoms with van der Waals surface area (Å²) in [4.78, 5) is 17.4. The van der Waals surface area contributed by atoms with Crippen LogP contribution in [0.25, 0.3) is 0 Å². The molecule has 1 spiro atoms. The lowest BCUT2D eigenvalue weighted by Gasteiger charge is -2.44. The van der Waals surface area contributed by atoms with Gasteiger partial charge in [0.25, 0.3) is 0 Å². The number of rotatable bonds is 3. The van der Waals surface area contributed by atoms with Crippen LogP contribution in [-0.4, -0.2) is 44.7 Å². The predicted molar refractivity (Wildman–Crippen MR) is 117 cm³/mol. The van der Waals surface area contributed by atoms with E-state index in [1.54, 1.807) is 0 Å². The van der Waals surface area contributed by atoms with Gasteiger partial charge in [0.05, 0.1) is 4.75 Å². The summed E-state index contributed by atoms with van der Waals surface area (Å²) in [6.45, 7) is 12.9. The Balaban J connectivity index is 1.75. The highest BCUT2D eigenvalue weighted by molar-refractivity contribution is 7.84. The summed E-state index contributed by atoms with van der Waals surface area (Å²) in [6, 6.07) is 8.68. The van der Waals surface area contributed by atoms with E-state index in [9.17, 15) is 9.00 Å². The molecule has 29 heavy (non-hydrogen) atoms. The van der Waals surface area contributed by atoms with E-state index >= 15 is 0 Å². The van der Waals surface area contributed by atoms with Gasteiger partial charge in [0, 0.05) is 24.5 Å². The maximum atomic E-state index is 12.5. The van der Waals surface area contributed by atoms with E-state index in [2.05, 4.69) is 34.5 Å². The van der Waals surface area contributed by atoms with E-state index < -0.39 is 16.6 Å². The SMILES string of the molecule is CC(C)(C)OC(=O)N1CCC2(CC1)c1ccccc1C[C@H]2NN[S@](=O)C(C)(C)C. The van der Waals surface area contributed by atoms with E-state index in [1.807, 2.05) is 46.4 Å². The van der Waals surface area contributed by atoms with Crippen LogP contribution >= 0.6 is 0 Å². The van der Waals surface area contributed by atoms with E-state index in [1.165, 1.54) is 11.1 Å². The first-order valence-corrected chi connectivity index (χ1v) is 11.6. The van der Waals surface area contributed by atoms with Crippen LogP contribution in [0.15, 0.2) is 24.3 Å². The maximum Gasteiger partial charge on any atom is 0.410 e. The highest BCUT2D eigenvalue weighted by Crippen LogP contribution is 2.46. The average Bonchev–Trinajstić information content (AvgIpc) is 2.91. The molecule has 1 aromatic rings. The number of amides is 1. The molecular formula is C22H35N3O3S. The molecule has 7 heteroatoms. The minimum atomic E-state index is -1.19. The number of fused-ring (bicyclic) bond motifs is 2. The molecule has 2 aliphatic rings. The van der Waals surface area contributed by atoms with E-state index in [0.29, 0.717) is 13.1 Å². The van der Waals surface area contributed by atoms with Crippen molar-refractivity contribution in [3.8, 4) is 0 Å². The molecule has 3 rings (SSSR count). The second-order valence-electron chi connectivity index (χ2n) is 10.2. The Morgan fingerprint density at radius 2 is 1.76 bits per heavy atom. The molecule has 1 fully saturated rings. The van der Waals surface area contributed by atoms with Crippen molar-refractivity contribution in [1.29, 1.82) is 0 Å². The minimum Gasteiger partial charge on any atom is -0.444 e. The van der Waals surface area contributed by atoms with Crippen LogP contribution in [0.3, 0.4) is 0 Å². The zero-order valence-corrected chi connectivity index (χ0v) is 19.3. The van der Waals surface area contributed by atoms with Crippen molar-refractivity contribution in [2.75, 3.05) is 13.1 Å². The molecule has 0 bridgehead atoms. The Hall–Kier alpha value is -1.44. The van der Waals surface area contributed by atoms with Crippen molar-refractivity contribution >= 4 is 17.1 Å². The lowest BCUT2D eigenvalue weighted by atomic mass is 9.71. The average molecular weight is 422 g/mol. The van der Waals surface area contributed by atoms with Gasteiger partial charge in [-0.2, -0.15) is 4.83 Å². The molecule has 1 aliphatic carbocycles. The fourth-order valence-electron chi connectivity index (χ4n) is 4.29. The maximum absolute atomic E-state index is 12.5. The summed E-state index contributed by atoms with van der Waals surface area (Å²) < 4.78 is 17.7. The lowest BCUT2D eigenvalue weighted by Crippen LogP contribution is -2.57. The third-order valence-corrected chi connectivity index (χ3v) is 7.25. The van der Waals surface area contributed by atoms with Gasteiger partial charge < -0.3 is 9.64 Å². The van der Waals surface area contributed by atoms with E-state index in [0.717, 1.165) is 19.3 Å². The third-order valence-electron chi connectivity index (χ3n) is 5.83. The first-order chi connectivity index (χ1) is 13.4.